The van der Waals surface area contributed by atoms with Gasteiger partial charge in [0, 0.05) is 6.54 Å². The third-order valence-electron chi connectivity index (χ3n) is 2.74. The highest BCUT2D eigenvalue weighted by Crippen LogP contribution is 2.12. The van der Waals surface area contributed by atoms with Crippen molar-refractivity contribution in [3.05, 3.63) is 47.3 Å². The van der Waals surface area contributed by atoms with Crippen LogP contribution in [0.15, 0.2) is 35.4 Å². The van der Waals surface area contributed by atoms with E-state index in [4.69, 9.17) is 5.11 Å². The average Bonchev–Trinajstić information content (AvgIpc) is 2.84. The van der Waals surface area contributed by atoms with Crippen molar-refractivity contribution in [2.75, 3.05) is 0 Å². The van der Waals surface area contributed by atoms with E-state index in [1.165, 1.54) is 18.3 Å². The van der Waals surface area contributed by atoms with Crippen LogP contribution in [0, 0.1) is 6.92 Å². The molecular formula is C12H13N3O4S. The number of nitrogens with one attached hydrogen (secondary N) is 2. The SMILES string of the molecule is Cc1[nH]ncc1S(=O)(=O)NCc1ccc(C(=O)O)cc1. The quantitative estimate of drug-likeness (QED) is 0.758. The molecule has 106 valence electrons. The molecule has 0 unspecified atom stereocenters. The monoisotopic (exact) mass is 295 g/mol. The molecule has 0 fully saturated rings. The molecule has 8 heteroatoms. The fourth-order valence-electron chi connectivity index (χ4n) is 1.63. The Balaban J connectivity index is 2.09. The van der Waals surface area contributed by atoms with E-state index in [0.29, 0.717) is 11.3 Å². The van der Waals surface area contributed by atoms with Gasteiger partial charge in [0.25, 0.3) is 0 Å². The molecule has 0 aliphatic heterocycles. The van der Waals surface area contributed by atoms with Crippen LogP contribution in [-0.2, 0) is 16.6 Å². The van der Waals surface area contributed by atoms with Gasteiger partial charge in [0.05, 0.1) is 17.5 Å². The number of rotatable bonds is 5. The Labute approximate surface area is 115 Å². The minimum atomic E-state index is -3.63. The first-order valence-electron chi connectivity index (χ1n) is 5.72. The summed E-state index contributed by atoms with van der Waals surface area (Å²) in [4.78, 5) is 10.8. The standard InChI is InChI=1S/C12H13N3O4S/c1-8-11(7-13-15-8)20(18,19)14-6-9-2-4-10(5-3-9)12(16)17/h2-5,7,14H,6H2,1H3,(H,13,15)(H,16,17). The summed E-state index contributed by atoms with van der Waals surface area (Å²) in [7, 11) is -3.63. The second-order valence-corrected chi connectivity index (χ2v) is 5.92. The van der Waals surface area contributed by atoms with Crippen molar-refractivity contribution in [3.8, 4) is 0 Å². The normalized spacial score (nSPS) is 11.4. The van der Waals surface area contributed by atoms with Crippen LogP contribution in [0.5, 0.6) is 0 Å². The first-order chi connectivity index (χ1) is 9.40. The Bertz CT molecular complexity index is 719. The van der Waals surface area contributed by atoms with E-state index < -0.39 is 16.0 Å². The second-order valence-electron chi connectivity index (χ2n) is 4.19. The van der Waals surface area contributed by atoms with Gasteiger partial charge in [0.2, 0.25) is 10.0 Å². The molecule has 0 aliphatic rings. The summed E-state index contributed by atoms with van der Waals surface area (Å²) < 4.78 is 26.4. The second kappa shape index (κ2) is 5.43. The van der Waals surface area contributed by atoms with Crippen LogP contribution < -0.4 is 4.72 Å². The fourth-order valence-corrected chi connectivity index (χ4v) is 2.78. The third-order valence-corrected chi connectivity index (χ3v) is 4.26. The Morgan fingerprint density at radius 1 is 1.35 bits per heavy atom. The molecule has 0 bridgehead atoms. The number of nitrogens with zero attached hydrogens (tertiary/aromatic N) is 1. The number of carbonyl (C=O) groups is 1. The van der Waals surface area contributed by atoms with Gasteiger partial charge in [-0.05, 0) is 24.6 Å². The summed E-state index contributed by atoms with van der Waals surface area (Å²) in [5, 5.41) is 15.0. The molecular weight excluding hydrogens is 282 g/mol. The minimum absolute atomic E-state index is 0.0762. The number of aryl methyl sites for hydroxylation is 1. The van der Waals surface area contributed by atoms with Gasteiger partial charge < -0.3 is 5.11 Å². The number of carboxylic acids is 1. The largest absolute Gasteiger partial charge is 0.478 e. The van der Waals surface area contributed by atoms with E-state index >= 15 is 0 Å². The molecule has 3 N–H and O–H groups in total. The van der Waals surface area contributed by atoms with E-state index in [2.05, 4.69) is 14.9 Å². The number of sulfonamides is 1. The molecule has 1 heterocycles. The van der Waals surface area contributed by atoms with Crippen LogP contribution in [0.3, 0.4) is 0 Å². The Kier molecular flexibility index (Phi) is 3.86. The van der Waals surface area contributed by atoms with Crippen molar-refractivity contribution in [3.63, 3.8) is 0 Å². The number of H-pyrrole nitrogens is 1. The lowest BCUT2D eigenvalue weighted by atomic mass is 10.1. The van der Waals surface area contributed by atoms with Gasteiger partial charge in [-0.1, -0.05) is 12.1 Å². The van der Waals surface area contributed by atoms with Gasteiger partial charge in [-0.15, -0.1) is 0 Å². The molecule has 0 saturated heterocycles. The van der Waals surface area contributed by atoms with Gasteiger partial charge in [0.1, 0.15) is 4.90 Å². The molecule has 20 heavy (non-hydrogen) atoms. The van der Waals surface area contributed by atoms with Crippen LogP contribution in [0.4, 0.5) is 0 Å². The lowest BCUT2D eigenvalue weighted by Crippen LogP contribution is -2.23. The summed E-state index contributed by atoms with van der Waals surface area (Å²) in [6, 6.07) is 5.98. The highest BCUT2D eigenvalue weighted by molar-refractivity contribution is 7.89. The van der Waals surface area contributed by atoms with Crippen molar-refractivity contribution in [2.45, 2.75) is 18.4 Å². The molecule has 0 atom stereocenters. The Hall–Kier alpha value is -2.19. The number of aromatic amines is 1. The number of benzene rings is 1. The van der Waals surface area contributed by atoms with Crippen molar-refractivity contribution >= 4 is 16.0 Å². The zero-order chi connectivity index (χ0) is 14.8. The van der Waals surface area contributed by atoms with Crippen LogP contribution in [0.25, 0.3) is 0 Å². The average molecular weight is 295 g/mol. The van der Waals surface area contributed by atoms with Crippen molar-refractivity contribution in [1.29, 1.82) is 0 Å². The summed E-state index contributed by atoms with van der Waals surface area (Å²) in [6.07, 6.45) is 1.24. The molecule has 1 aromatic heterocycles. The molecule has 0 aliphatic carbocycles. The first-order valence-corrected chi connectivity index (χ1v) is 7.20. The van der Waals surface area contributed by atoms with Crippen molar-refractivity contribution in [1.82, 2.24) is 14.9 Å². The predicted octanol–water partition coefficient (Wildman–Crippen LogP) is 0.895. The topological polar surface area (TPSA) is 112 Å². The molecule has 0 spiro atoms. The first kappa shape index (κ1) is 14.2. The molecule has 0 saturated carbocycles. The third kappa shape index (κ3) is 3.03. The Morgan fingerprint density at radius 2 is 2.00 bits per heavy atom. The van der Waals surface area contributed by atoms with Gasteiger partial charge in [0.15, 0.2) is 0 Å². The predicted molar refractivity (Wildman–Crippen MR) is 70.8 cm³/mol. The number of aromatic nitrogens is 2. The lowest BCUT2D eigenvalue weighted by molar-refractivity contribution is 0.0697. The summed E-state index contributed by atoms with van der Waals surface area (Å²) in [5.74, 6) is -1.02. The maximum absolute atomic E-state index is 12.0. The number of hydrogen-bond acceptors (Lipinski definition) is 4. The molecule has 0 amide bonds. The van der Waals surface area contributed by atoms with E-state index in [9.17, 15) is 13.2 Å². The maximum atomic E-state index is 12.0. The van der Waals surface area contributed by atoms with E-state index in [-0.39, 0.29) is 17.0 Å². The van der Waals surface area contributed by atoms with Crippen molar-refractivity contribution in [2.24, 2.45) is 0 Å². The zero-order valence-corrected chi connectivity index (χ0v) is 11.4. The molecule has 0 radical (unpaired) electrons. The molecule has 1 aromatic carbocycles. The number of carboxylic acid groups (broad SMARTS) is 1. The lowest BCUT2D eigenvalue weighted by Gasteiger charge is -2.06. The van der Waals surface area contributed by atoms with E-state index in [0.717, 1.165) is 0 Å². The zero-order valence-electron chi connectivity index (χ0n) is 10.6. The summed E-state index contributed by atoms with van der Waals surface area (Å²) >= 11 is 0. The highest BCUT2D eigenvalue weighted by atomic mass is 32.2. The smallest absolute Gasteiger partial charge is 0.335 e. The van der Waals surface area contributed by atoms with Crippen LogP contribution in [0.2, 0.25) is 0 Å². The van der Waals surface area contributed by atoms with Crippen LogP contribution in [0.1, 0.15) is 21.6 Å². The van der Waals surface area contributed by atoms with E-state index in [1.54, 1.807) is 19.1 Å². The maximum Gasteiger partial charge on any atom is 0.335 e. The molecule has 7 nitrogen and oxygen atoms in total. The Morgan fingerprint density at radius 3 is 2.50 bits per heavy atom. The van der Waals surface area contributed by atoms with Gasteiger partial charge in [-0.2, -0.15) is 5.10 Å². The summed E-state index contributed by atoms with van der Waals surface area (Å²) in [6.45, 7) is 1.69. The van der Waals surface area contributed by atoms with Crippen LogP contribution in [-0.4, -0.2) is 29.7 Å². The van der Waals surface area contributed by atoms with E-state index in [1.807, 2.05) is 0 Å². The van der Waals surface area contributed by atoms with Crippen LogP contribution >= 0.6 is 0 Å². The minimum Gasteiger partial charge on any atom is -0.478 e. The van der Waals surface area contributed by atoms with Gasteiger partial charge >= 0.3 is 5.97 Å². The van der Waals surface area contributed by atoms with Gasteiger partial charge in [-0.25, -0.2) is 17.9 Å². The summed E-state index contributed by atoms with van der Waals surface area (Å²) in [5.41, 5.74) is 1.28. The molecule has 2 rings (SSSR count). The molecule has 2 aromatic rings. The highest BCUT2D eigenvalue weighted by Gasteiger charge is 2.18. The number of aromatic carboxylic acids is 1. The number of hydrogen-bond donors (Lipinski definition) is 3. The van der Waals surface area contributed by atoms with Crippen molar-refractivity contribution < 1.29 is 18.3 Å². The van der Waals surface area contributed by atoms with Gasteiger partial charge in [-0.3, -0.25) is 5.10 Å². The fraction of sp³-hybridized carbons (Fsp3) is 0.167.